The van der Waals surface area contributed by atoms with Gasteiger partial charge >= 0.3 is 0 Å². The molecule has 0 atom stereocenters. The van der Waals surface area contributed by atoms with Gasteiger partial charge < -0.3 is 19.7 Å². The third kappa shape index (κ3) is 4.14. The third-order valence-corrected chi connectivity index (χ3v) is 4.47. The number of thiol groups is 1. The minimum atomic E-state index is 0.267. The van der Waals surface area contributed by atoms with Gasteiger partial charge in [0, 0.05) is 36.1 Å². The van der Waals surface area contributed by atoms with Crippen LogP contribution in [0.1, 0.15) is 19.4 Å². The fourth-order valence-corrected chi connectivity index (χ4v) is 2.99. The summed E-state index contributed by atoms with van der Waals surface area (Å²) in [6.45, 7) is 6.56. The van der Waals surface area contributed by atoms with Crippen molar-refractivity contribution in [2.75, 3.05) is 30.1 Å². The van der Waals surface area contributed by atoms with Crippen molar-refractivity contribution in [1.29, 1.82) is 0 Å². The average Bonchev–Trinajstić information content (AvgIpc) is 3.15. The molecule has 0 fully saturated rings. The summed E-state index contributed by atoms with van der Waals surface area (Å²) in [7, 11) is 0. The molecule has 0 amide bonds. The third-order valence-electron chi connectivity index (χ3n) is 4.22. The maximum atomic E-state index is 5.37. The normalized spacial score (nSPS) is 13.3. The summed E-state index contributed by atoms with van der Waals surface area (Å²) in [5, 5.41) is 4.85. The second-order valence-electron chi connectivity index (χ2n) is 5.70. The van der Waals surface area contributed by atoms with Crippen LogP contribution in [0.2, 0.25) is 0 Å². The lowest BCUT2D eigenvalue weighted by Gasteiger charge is -2.21. The molecule has 1 aliphatic heterocycles. The molecule has 1 N–H and O–H groups in total. The van der Waals surface area contributed by atoms with Crippen LogP contribution >= 0.6 is 12.6 Å². The summed E-state index contributed by atoms with van der Waals surface area (Å²) in [6.07, 6.45) is 1.65. The number of nitrogens with one attached hydrogen (secondary N) is 1. The number of ether oxygens (including phenoxy) is 2. The first-order valence-electron chi connectivity index (χ1n) is 8.63. The Bertz CT molecular complexity index is 799. The first kappa shape index (κ1) is 18.2. The van der Waals surface area contributed by atoms with Crippen LogP contribution in [0, 0.1) is 0 Å². The van der Waals surface area contributed by atoms with E-state index in [2.05, 4.69) is 66.0 Å². The molecule has 0 radical (unpaired) electrons. The molecule has 26 heavy (non-hydrogen) atoms. The highest BCUT2D eigenvalue weighted by molar-refractivity contribution is 7.83. The number of hydrogen-bond acceptors (Lipinski definition) is 5. The van der Waals surface area contributed by atoms with Crippen LogP contribution in [0.15, 0.2) is 52.9 Å². The molecular weight excluding hydrogens is 346 g/mol. The molecule has 0 saturated heterocycles. The van der Waals surface area contributed by atoms with Gasteiger partial charge in [-0.1, -0.05) is 12.1 Å². The van der Waals surface area contributed by atoms with Gasteiger partial charge in [-0.2, -0.15) is 0 Å². The quantitative estimate of drug-likeness (QED) is 0.424. The Labute approximate surface area is 159 Å². The zero-order chi connectivity index (χ0) is 18.4. The molecule has 0 spiro atoms. The molecule has 0 unspecified atom stereocenters. The van der Waals surface area contributed by atoms with Crippen molar-refractivity contribution >= 4 is 36.0 Å². The highest BCUT2D eigenvalue weighted by Crippen LogP contribution is 2.34. The Morgan fingerprint density at radius 1 is 1.12 bits per heavy atom. The second-order valence-corrected chi connectivity index (χ2v) is 5.96. The van der Waals surface area contributed by atoms with Crippen LogP contribution in [0.4, 0.5) is 11.4 Å². The molecule has 136 valence electrons. The number of benzene rings is 2. The number of rotatable bonds is 7. The maximum Gasteiger partial charge on any atom is 0.231 e. The Hall–Kier alpha value is -2.60. The molecule has 0 aliphatic carbocycles. The van der Waals surface area contributed by atoms with Crippen molar-refractivity contribution in [2.24, 2.45) is 4.99 Å². The lowest BCUT2D eigenvalue weighted by atomic mass is 10.1. The van der Waals surface area contributed by atoms with Gasteiger partial charge in [0.25, 0.3) is 0 Å². The maximum absolute atomic E-state index is 5.37. The van der Waals surface area contributed by atoms with E-state index in [0.717, 1.165) is 41.5 Å². The SMILES string of the molecule is CCN(CC)c1ccc(/C(=C/S)N=CNc2ccc3c(c2)OCO3)cc1. The minimum Gasteiger partial charge on any atom is -0.454 e. The number of hydrogen-bond donors (Lipinski definition) is 2. The van der Waals surface area contributed by atoms with Crippen molar-refractivity contribution < 1.29 is 9.47 Å². The van der Waals surface area contributed by atoms with E-state index in [0.29, 0.717) is 0 Å². The van der Waals surface area contributed by atoms with Crippen molar-refractivity contribution in [1.82, 2.24) is 0 Å². The zero-order valence-corrected chi connectivity index (χ0v) is 15.9. The first-order valence-corrected chi connectivity index (χ1v) is 9.15. The lowest BCUT2D eigenvalue weighted by molar-refractivity contribution is 0.174. The molecule has 5 nitrogen and oxygen atoms in total. The Morgan fingerprint density at radius 2 is 1.85 bits per heavy atom. The van der Waals surface area contributed by atoms with Gasteiger partial charge in [-0.3, -0.25) is 0 Å². The van der Waals surface area contributed by atoms with Gasteiger partial charge in [0.05, 0.1) is 12.0 Å². The van der Waals surface area contributed by atoms with Gasteiger partial charge in [-0.15, -0.1) is 12.6 Å². The fraction of sp³-hybridized carbons (Fsp3) is 0.250. The summed E-state index contributed by atoms with van der Waals surface area (Å²) >= 11 is 4.29. The Morgan fingerprint density at radius 3 is 2.54 bits per heavy atom. The van der Waals surface area contributed by atoms with Gasteiger partial charge in [-0.05, 0) is 43.5 Å². The molecule has 1 heterocycles. The highest BCUT2D eigenvalue weighted by Gasteiger charge is 2.12. The predicted molar refractivity (Wildman–Crippen MR) is 112 cm³/mol. The van der Waals surface area contributed by atoms with E-state index in [9.17, 15) is 0 Å². The molecular formula is C20H23N3O2S. The van der Waals surface area contributed by atoms with E-state index in [1.165, 1.54) is 5.69 Å². The Balaban J connectivity index is 1.66. The minimum absolute atomic E-state index is 0.267. The van der Waals surface area contributed by atoms with E-state index in [-0.39, 0.29) is 6.79 Å². The van der Waals surface area contributed by atoms with E-state index >= 15 is 0 Å². The van der Waals surface area contributed by atoms with Crippen molar-refractivity contribution in [3.8, 4) is 11.5 Å². The van der Waals surface area contributed by atoms with Gasteiger partial charge in [0.1, 0.15) is 0 Å². The fourth-order valence-electron chi connectivity index (χ4n) is 2.78. The topological polar surface area (TPSA) is 46.1 Å². The van der Waals surface area contributed by atoms with E-state index in [4.69, 9.17) is 9.47 Å². The summed E-state index contributed by atoms with van der Waals surface area (Å²) in [6, 6.07) is 14.0. The Kier molecular flexibility index (Phi) is 6.07. The first-order chi connectivity index (χ1) is 12.7. The zero-order valence-electron chi connectivity index (χ0n) is 15.0. The van der Waals surface area contributed by atoms with E-state index in [1.54, 1.807) is 11.7 Å². The van der Waals surface area contributed by atoms with E-state index in [1.807, 2.05) is 18.2 Å². The second kappa shape index (κ2) is 8.67. The molecule has 1 aliphatic rings. The number of nitrogens with zero attached hydrogens (tertiary/aromatic N) is 2. The van der Waals surface area contributed by atoms with Gasteiger partial charge in [0.2, 0.25) is 6.79 Å². The summed E-state index contributed by atoms with van der Waals surface area (Å²) in [5.41, 5.74) is 3.89. The van der Waals surface area contributed by atoms with Crippen LogP contribution in [0.3, 0.4) is 0 Å². The monoisotopic (exact) mass is 369 g/mol. The van der Waals surface area contributed by atoms with Crippen LogP contribution in [-0.2, 0) is 0 Å². The molecule has 2 aromatic rings. The van der Waals surface area contributed by atoms with Crippen molar-refractivity contribution in [2.45, 2.75) is 13.8 Å². The standard InChI is InChI=1S/C20H23N3O2S/c1-3-23(4-2)17-8-5-15(6-9-17)18(12-26)22-13-21-16-7-10-19-20(11-16)25-14-24-19/h5-13,26H,3-4,14H2,1-2H3,(H,21,22)/b18-12-. The van der Waals surface area contributed by atoms with Crippen LogP contribution in [0.5, 0.6) is 11.5 Å². The van der Waals surface area contributed by atoms with Crippen molar-refractivity contribution in [3.05, 3.63) is 53.4 Å². The number of aliphatic imine (C=N–C) groups is 1. The summed E-state index contributed by atoms with van der Waals surface area (Å²) in [5.74, 6) is 1.50. The molecule has 0 saturated carbocycles. The van der Waals surface area contributed by atoms with Gasteiger partial charge in [-0.25, -0.2) is 4.99 Å². The smallest absolute Gasteiger partial charge is 0.231 e. The molecule has 6 heteroatoms. The lowest BCUT2D eigenvalue weighted by Crippen LogP contribution is -2.21. The highest BCUT2D eigenvalue weighted by atomic mass is 32.1. The van der Waals surface area contributed by atoms with Crippen LogP contribution < -0.4 is 19.7 Å². The number of fused-ring (bicyclic) bond motifs is 1. The molecule has 3 rings (SSSR count). The summed E-state index contributed by atoms with van der Waals surface area (Å²) < 4.78 is 10.7. The molecule has 0 bridgehead atoms. The van der Waals surface area contributed by atoms with Crippen LogP contribution in [0.25, 0.3) is 5.70 Å². The molecule has 0 aromatic heterocycles. The average molecular weight is 369 g/mol. The van der Waals surface area contributed by atoms with Crippen LogP contribution in [-0.4, -0.2) is 26.2 Å². The van der Waals surface area contributed by atoms with E-state index < -0.39 is 0 Å². The predicted octanol–water partition coefficient (Wildman–Crippen LogP) is 4.63. The summed E-state index contributed by atoms with van der Waals surface area (Å²) in [4.78, 5) is 6.78. The van der Waals surface area contributed by atoms with Gasteiger partial charge in [0.15, 0.2) is 11.5 Å². The number of anilines is 2. The largest absolute Gasteiger partial charge is 0.454 e. The molecule has 2 aromatic carbocycles. The van der Waals surface area contributed by atoms with Crippen molar-refractivity contribution in [3.63, 3.8) is 0 Å².